The molecule has 0 aliphatic heterocycles. The highest BCUT2D eigenvalue weighted by Gasteiger charge is 2.10. The van der Waals surface area contributed by atoms with E-state index in [0.29, 0.717) is 11.3 Å². The molecule has 0 amide bonds. The summed E-state index contributed by atoms with van der Waals surface area (Å²) in [4.78, 5) is 12.1. The van der Waals surface area contributed by atoms with Gasteiger partial charge >= 0.3 is 5.97 Å². The van der Waals surface area contributed by atoms with E-state index < -0.39 is 5.97 Å². The zero-order chi connectivity index (χ0) is 11.4. The summed E-state index contributed by atoms with van der Waals surface area (Å²) in [6.45, 7) is 1.79. The first-order chi connectivity index (χ1) is 7.04. The monoisotopic (exact) mass is 204 g/mol. The SMILES string of the molecule is Cc1ccc(C#N)c(N(C)CC(=O)O)c1. The van der Waals surface area contributed by atoms with Crippen LogP contribution in [0.15, 0.2) is 18.2 Å². The number of aliphatic carboxylic acids is 1. The summed E-state index contributed by atoms with van der Waals surface area (Å²) in [6, 6.07) is 7.38. The van der Waals surface area contributed by atoms with E-state index in [2.05, 4.69) is 0 Å². The minimum Gasteiger partial charge on any atom is -0.480 e. The van der Waals surface area contributed by atoms with Gasteiger partial charge in [-0.3, -0.25) is 4.79 Å². The van der Waals surface area contributed by atoms with Gasteiger partial charge in [-0.2, -0.15) is 5.26 Å². The van der Waals surface area contributed by atoms with Gasteiger partial charge in [0.2, 0.25) is 0 Å². The summed E-state index contributed by atoms with van der Waals surface area (Å²) in [5, 5.41) is 17.5. The molecule has 4 heteroatoms. The topological polar surface area (TPSA) is 64.3 Å². The molecule has 0 fully saturated rings. The number of benzene rings is 1. The molecule has 15 heavy (non-hydrogen) atoms. The maximum absolute atomic E-state index is 10.5. The predicted molar refractivity (Wildman–Crippen MR) is 56.8 cm³/mol. The third kappa shape index (κ3) is 2.71. The normalized spacial score (nSPS) is 9.40. The lowest BCUT2D eigenvalue weighted by Crippen LogP contribution is -2.25. The summed E-state index contributed by atoms with van der Waals surface area (Å²) in [5.41, 5.74) is 2.14. The van der Waals surface area contributed by atoms with Crippen LogP contribution in [0.3, 0.4) is 0 Å². The molecule has 1 aromatic carbocycles. The summed E-state index contributed by atoms with van der Waals surface area (Å²) in [7, 11) is 1.66. The molecule has 0 aliphatic rings. The molecule has 0 unspecified atom stereocenters. The first kappa shape index (κ1) is 11.1. The van der Waals surface area contributed by atoms with Crippen LogP contribution in [0.5, 0.6) is 0 Å². The molecule has 4 nitrogen and oxygen atoms in total. The molecule has 0 radical (unpaired) electrons. The standard InChI is InChI=1S/C11H12N2O2/c1-8-3-4-9(6-12)10(5-8)13(2)7-11(14)15/h3-5H,7H2,1-2H3,(H,14,15). The maximum Gasteiger partial charge on any atom is 0.323 e. The Morgan fingerprint density at radius 3 is 2.80 bits per heavy atom. The van der Waals surface area contributed by atoms with Gasteiger partial charge < -0.3 is 10.0 Å². The second kappa shape index (κ2) is 4.47. The lowest BCUT2D eigenvalue weighted by molar-refractivity contribution is -0.135. The van der Waals surface area contributed by atoms with Crippen LogP contribution in [-0.4, -0.2) is 24.7 Å². The van der Waals surface area contributed by atoms with Crippen LogP contribution in [0.2, 0.25) is 0 Å². The number of rotatable bonds is 3. The summed E-state index contributed by atoms with van der Waals surface area (Å²) < 4.78 is 0. The van der Waals surface area contributed by atoms with E-state index in [4.69, 9.17) is 10.4 Å². The molecule has 0 aliphatic carbocycles. The van der Waals surface area contributed by atoms with Gasteiger partial charge in [0, 0.05) is 7.05 Å². The van der Waals surface area contributed by atoms with Crippen LogP contribution in [0.25, 0.3) is 0 Å². The van der Waals surface area contributed by atoms with E-state index >= 15 is 0 Å². The van der Waals surface area contributed by atoms with E-state index in [1.165, 1.54) is 0 Å². The Morgan fingerprint density at radius 1 is 1.60 bits per heavy atom. The fourth-order valence-corrected chi connectivity index (χ4v) is 1.34. The number of nitrogens with zero attached hydrogens (tertiary/aromatic N) is 2. The Labute approximate surface area is 88.4 Å². The van der Waals surface area contributed by atoms with E-state index in [1.54, 1.807) is 18.0 Å². The van der Waals surface area contributed by atoms with Crippen molar-refractivity contribution in [1.82, 2.24) is 0 Å². The Hall–Kier alpha value is -2.02. The highest BCUT2D eigenvalue weighted by atomic mass is 16.4. The zero-order valence-electron chi connectivity index (χ0n) is 8.69. The van der Waals surface area contributed by atoms with Crippen molar-refractivity contribution in [3.05, 3.63) is 29.3 Å². The molecule has 0 bridgehead atoms. The molecular weight excluding hydrogens is 192 g/mol. The minimum absolute atomic E-state index is 0.113. The Bertz CT molecular complexity index is 421. The fraction of sp³-hybridized carbons (Fsp3) is 0.273. The van der Waals surface area contributed by atoms with Gasteiger partial charge in [0.25, 0.3) is 0 Å². The van der Waals surface area contributed by atoms with E-state index in [1.807, 2.05) is 25.1 Å². The molecule has 1 N–H and O–H groups in total. The first-order valence-corrected chi connectivity index (χ1v) is 4.48. The third-order valence-electron chi connectivity index (χ3n) is 2.06. The van der Waals surface area contributed by atoms with Gasteiger partial charge in [0.1, 0.15) is 12.6 Å². The van der Waals surface area contributed by atoms with Crippen molar-refractivity contribution in [3.8, 4) is 6.07 Å². The van der Waals surface area contributed by atoms with E-state index in [9.17, 15) is 4.79 Å². The second-order valence-corrected chi connectivity index (χ2v) is 3.38. The fourth-order valence-electron chi connectivity index (χ4n) is 1.34. The van der Waals surface area contributed by atoms with Gasteiger partial charge in [0.05, 0.1) is 11.3 Å². The van der Waals surface area contributed by atoms with Gasteiger partial charge in [-0.1, -0.05) is 6.07 Å². The van der Waals surface area contributed by atoms with Crippen molar-refractivity contribution in [1.29, 1.82) is 5.26 Å². The molecule has 0 heterocycles. The Balaban J connectivity index is 3.06. The molecule has 0 atom stereocenters. The number of hydrogen-bond donors (Lipinski definition) is 1. The lowest BCUT2D eigenvalue weighted by atomic mass is 10.1. The Morgan fingerprint density at radius 2 is 2.27 bits per heavy atom. The number of likely N-dealkylation sites (N-methyl/N-ethyl adjacent to an activating group) is 1. The molecular formula is C11H12N2O2. The summed E-state index contributed by atoms with van der Waals surface area (Å²) >= 11 is 0. The lowest BCUT2D eigenvalue weighted by Gasteiger charge is -2.18. The average Bonchev–Trinajstić information content (AvgIpc) is 2.16. The maximum atomic E-state index is 10.5. The summed E-state index contributed by atoms with van der Waals surface area (Å²) in [5.74, 6) is -0.914. The van der Waals surface area contributed by atoms with Gasteiger partial charge in [-0.05, 0) is 24.6 Å². The quantitative estimate of drug-likeness (QED) is 0.808. The van der Waals surface area contributed by atoms with E-state index in [0.717, 1.165) is 5.56 Å². The largest absolute Gasteiger partial charge is 0.480 e. The molecule has 0 saturated heterocycles. The van der Waals surface area contributed by atoms with Crippen LogP contribution in [0.1, 0.15) is 11.1 Å². The van der Waals surface area contributed by atoms with Crippen molar-refractivity contribution in [3.63, 3.8) is 0 Å². The molecule has 1 rings (SSSR count). The Kier molecular flexibility index (Phi) is 3.29. The molecule has 0 aromatic heterocycles. The number of nitriles is 1. The molecule has 0 saturated carbocycles. The second-order valence-electron chi connectivity index (χ2n) is 3.38. The van der Waals surface area contributed by atoms with Crippen molar-refractivity contribution in [2.24, 2.45) is 0 Å². The average molecular weight is 204 g/mol. The number of carboxylic acid groups (broad SMARTS) is 1. The minimum atomic E-state index is -0.914. The van der Waals surface area contributed by atoms with Crippen LogP contribution in [0, 0.1) is 18.3 Å². The van der Waals surface area contributed by atoms with Crippen LogP contribution in [-0.2, 0) is 4.79 Å². The number of aryl methyl sites for hydroxylation is 1. The highest BCUT2D eigenvalue weighted by Crippen LogP contribution is 2.20. The number of carbonyl (C=O) groups is 1. The zero-order valence-corrected chi connectivity index (χ0v) is 8.69. The first-order valence-electron chi connectivity index (χ1n) is 4.48. The molecule has 0 spiro atoms. The van der Waals surface area contributed by atoms with Gasteiger partial charge in [0.15, 0.2) is 0 Å². The van der Waals surface area contributed by atoms with Crippen molar-refractivity contribution in [2.75, 3.05) is 18.5 Å². The number of hydrogen-bond acceptors (Lipinski definition) is 3. The van der Waals surface area contributed by atoms with Gasteiger partial charge in [-0.25, -0.2) is 0 Å². The van der Waals surface area contributed by atoms with Crippen LogP contribution >= 0.6 is 0 Å². The highest BCUT2D eigenvalue weighted by molar-refractivity contribution is 5.75. The molecule has 1 aromatic rings. The van der Waals surface area contributed by atoms with Crippen molar-refractivity contribution in [2.45, 2.75) is 6.92 Å². The van der Waals surface area contributed by atoms with Crippen molar-refractivity contribution < 1.29 is 9.90 Å². The smallest absolute Gasteiger partial charge is 0.323 e. The van der Waals surface area contributed by atoms with Crippen LogP contribution in [0.4, 0.5) is 5.69 Å². The predicted octanol–water partition coefficient (Wildman–Crippen LogP) is 1.39. The number of carboxylic acids is 1. The van der Waals surface area contributed by atoms with Crippen molar-refractivity contribution >= 4 is 11.7 Å². The van der Waals surface area contributed by atoms with Crippen LogP contribution < -0.4 is 4.90 Å². The third-order valence-corrected chi connectivity index (χ3v) is 2.06. The van der Waals surface area contributed by atoms with Gasteiger partial charge in [-0.15, -0.1) is 0 Å². The summed E-state index contributed by atoms with van der Waals surface area (Å²) in [6.07, 6.45) is 0. The number of anilines is 1. The van der Waals surface area contributed by atoms with E-state index in [-0.39, 0.29) is 6.54 Å². The molecule has 78 valence electrons.